The van der Waals surface area contributed by atoms with Crippen LogP contribution < -0.4 is 19.5 Å². The van der Waals surface area contributed by atoms with Gasteiger partial charge in [0.15, 0.2) is 6.10 Å². The van der Waals surface area contributed by atoms with Crippen LogP contribution in [0.1, 0.15) is 24.5 Å². The topological polar surface area (TPSA) is 93.7 Å². The van der Waals surface area contributed by atoms with Crippen molar-refractivity contribution >= 4 is 27.3 Å². The Morgan fingerprint density at radius 1 is 0.939 bits per heavy atom. The van der Waals surface area contributed by atoms with E-state index in [1.807, 2.05) is 39.0 Å². The molecule has 0 unspecified atom stereocenters. The van der Waals surface area contributed by atoms with Gasteiger partial charge in [-0.05, 0) is 86.0 Å². The third kappa shape index (κ3) is 6.04. The molecule has 3 rings (SSSR count). The van der Waals surface area contributed by atoms with Crippen LogP contribution in [-0.2, 0) is 14.8 Å². The highest BCUT2D eigenvalue weighted by Crippen LogP contribution is 2.24. The number of rotatable bonds is 9. The first kappa shape index (κ1) is 24.1. The summed E-state index contributed by atoms with van der Waals surface area (Å²) in [6.07, 6.45) is -0.192. The van der Waals surface area contributed by atoms with Gasteiger partial charge in [-0.25, -0.2) is 8.42 Å². The maximum atomic E-state index is 12.7. The number of carbonyl (C=O) groups excluding carboxylic acids is 1. The second-order valence-corrected chi connectivity index (χ2v) is 9.24. The number of ether oxygens (including phenoxy) is 2. The first-order chi connectivity index (χ1) is 15.7. The minimum Gasteiger partial charge on any atom is -0.497 e. The van der Waals surface area contributed by atoms with Gasteiger partial charge >= 0.3 is 0 Å². The van der Waals surface area contributed by atoms with Crippen molar-refractivity contribution in [3.63, 3.8) is 0 Å². The summed E-state index contributed by atoms with van der Waals surface area (Å²) in [7, 11) is -2.24. The third-order valence-corrected chi connectivity index (χ3v) is 6.66. The SMILES string of the molecule is CC[C@@H](Oc1cccc(C)c1C)C(=O)Nc1ccc(S(=O)(=O)Nc2ccc(OC)cc2)cc1. The third-order valence-electron chi connectivity index (χ3n) is 5.26. The number of hydrogen-bond acceptors (Lipinski definition) is 5. The van der Waals surface area contributed by atoms with E-state index in [2.05, 4.69) is 10.0 Å². The fourth-order valence-corrected chi connectivity index (χ4v) is 4.20. The maximum Gasteiger partial charge on any atom is 0.265 e. The molecule has 174 valence electrons. The molecule has 0 heterocycles. The molecule has 2 N–H and O–H groups in total. The van der Waals surface area contributed by atoms with Gasteiger partial charge in [0.1, 0.15) is 11.5 Å². The van der Waals surface area contributed by atoms with Crippen molar-refractivity contribution < 1.29 is 22.7 Å². The average molecular weight is 469 g/mol. The zero-order chi connectivity index (χ0) is 24.0. The summed E-state index contributed by atoms with van der Waals surface area (Å²) in [5.74, 6) is 0.999. The second kappa shape index (κ2) is 10.4. The molecular formula is C25H28N2O5S. The summed E-state index contributed by atoms with van der Waals surface area (Å²) < 4.78 is 38.9. The van der Waals surface area contributed by atoms with Gasteiger partial charge in [-0.15, -0.1) is 0 Å². The van der Waals surface area contributed by atoms with Crippen molar-refractivity contribution in [1.82, 2.24) is 0 Å². The van der Waals surface area contributed by atoms with Crippen molar-refractivity contribution in [3.05, 3.63) is 77.9 Å². The van der Waals surface area contributed by atoms with E-state index in [-0.39, 0.29) is 10.8 Å². The number of amides is 1. The van der Waals surface area contributed by atoms with Crippen molar-refractivity contribution in [3.8, 4) is 11.5 Å². The monoisotopic (exact) mass is 468 g/mol. The summed E-state index contributed by atoms with van der Waals surface area (Å²) in [4.78, 5) is 12.8. The second-order valence-electron chi connectivity index (χ2n) is 7.56. The van der Waals surface area contributed by atoms with Crippen LogP contribution in [0.2, 0.25) is 0 Å². The Hall–Kier alpha value is -3.52. The molecule has 1 amide bonds. The summed E-state index contributed by atoms with van der Waals surface area (Å²) in [5, 5.41) is 2.80. The fraction of sp³-hybridized carbons (Fsp3) is 0.240. The smallest absolute Gasteiger partial charge is 0.265 e. The number of hydrogen-bond donors (Lipinski definition) is 2. The number of sulfonamides is 1. The minimum absolute atomic E-state index is 0.0787. The predicted molar refractivity (Wildman–Crippen MR) is 129 cm³/mol. The minimum atomic E-state index is -3.78. The predicted octanol–water partition coefficient (Wildman–Crippen LogP) is 4.91. The Morgan fingerprint density at radius 2 is 1.58 bits per heavy atom. The van der Waals surface area contributed by atoms with Gasteiger partial charge in [0.2, 0.25) is 0 Å². The molecule has 33 heavy (non-hydrogen) atoms. The van der Waals surface area contributed by atoms with Crippen molar-refractivity contribution in [2.75, 3.05) is 17.1 Å². The van der Waals surface area contributed by atoms with Crippen molar-refractivity contribution in [2.45, 2.75) is 38.2 Å². The Balaban J connectivity index is 1.67. The van der Waals surface area contributed by atoms with E-state index in [1.54, 1.807) is 36.4 Å². The standard InChI is InChI=1S/C25H28N2O5S/c1-5-23(32-24-8-6-7-17(2)18(24)3)25(28)26-19-11-15-22(16-12-19)33(29,30)27-20-9-13-21(31-4)14-10-20/h6-16,23,27H,5H2,1-4H3,(H,26,28)/t23-/m1/s1. The van der Waals surface area contributed by atoms with E-state index in [4.69, 9.17) is 9.47 Å². The molecule has 0 saturated carbocycles. The van der Waals surface area contributed by atoms with Gasteiger partial charge in [0, 0.05) is 11.4 Å². The van der Waals surface area contributed by atoms with Gasteiger partial charge in [0.05, 0.1) is 12.0 Å². The molecule has 0 bridgehead atoms. The summed E-state index contributed by atoms with van der Waals surface area (Å²) in [6, 6.07) is 18.3. The van der Waals surface area contributed by atoms with E-state index in [0.29, 0.717) is 29.3 Å². The van der Waals surface area contributed by atoms with E-state index in [9.17, 15) is 13.2 Å². The van der Waals surface area contributed by atoms with Crippen molar-refractivity contribution in [2.24, 2.45) is 0 Å². The molecule has 8 heteroatoms. The molecule has 0 radical (unpaired) electrons. The summed E-state index contributed by atoms with van der Waals surface area (Å²) in [5.41, 5.74) is 2.97. The first-order valence-corrected chi connectivity index (χ1v) is 12.0. The molecule has 0 aliphatic carbocycles. The molecule has 0 fully saturated rings. The maximum absolute atomic E-state index is 12.7. The Morgan fingerprint density at radius 3 is 2.18 bits per heavy atom. The van der Waals surface area contributed by atoms with Crippen LogP contribution in [0.5, 0.6) is 11.5 Å². The lowest BCUT2D eigenvalue weighted by Gasteiger charge is -2.19. The molecule has 0 saturated heterocycles. The number of carbonyl (C=O) groups is 1. The largest absolute Gasteiger partial charge is 0.497 e. The highest BCUT2D eigenvalue weighted by atomic mass is 32.2. The molecular weight excluding hydrogens is 440 g/mol. The van der Waals surface area contributed by atoms with Crippen LogP contribution in [0.15, 0.2) is 71.6 Å². The summed E-state index contributed by atoms with van der Waals surface area (Å²) in [6.45, 7) is 5.81. The van der Waals surface area contributed by atoms with E-state index < -0.39 is 16.1 Å². The average Bonchev–Trinajstić information content (AvgIpc) is 2.80. The van der Waals surface area contributed by atoms with E-state index in [0.717, 1.165) is 11.1 Å². The number of benzene rings is 3. The number of aryl methyl sites for hydroxylation is 1. The number of anilines is 2. The van der Waals surface area contributed by atoms with Crippen LogP contribution in [0.25, 0.3) is 0 Å². The Labute approximate surface area is 194 Å². The first-order valence-electron chi connectivity index (χ1n) is 10.5. The summed E-state index contributed by atoms with van der Waals surface area (Å²) >= 11 is 0. The van der Waals surface area contributed by atoms with Crippen LogP contribution in [-0.4, -0.2) is 27.5 Å². The zero-order valence-corrected chi connectivity index (χ0v) is 19.9. The van der Waals surface area contributed by atoms with Gasteiger partial charge in [0.25, 0.3) is 15.9 Å². The van der Waals surface area contributed by atoms with Crippen LogP contribution >= 0.6 is 0 Å². The molecule has 3 aromatic rings. The van der Waals surface area contributed by atoms with Crippen molar-refractivity contribution in [1.29, 1.82) is 0 Å². The molecule has 0 spiro atoms. The van der Waals surface area contributed by atoms with E-state index in [1.165, 1.54) is 19.2 Å². The zero-order valence-electron chi connectivity index (χ0n) is 19.1. The van der Waals surface area contributed by atoms with Gasteiger partial charge in [-0.2, -0.15) is 0 Å². The fourth-order valence-electron chi connectivity index (χ4n) is 3.14. The highest BCUT2D eigenvalue weighted by Gasteiger charge is 2.20. The van der Waals surface area contributed by atoms with Crippen LogP contribution in [0.3, 0.4) is 0 Å². The van der Waals surface area contributed by atoms with E-state index >= 15 is 0 Å². The molecule has 7 nitrogen and oxygen atoms in total. The number of nitrogens with one attached hydrogen (secondary N) is 2. The normalized spacial score (nSPS) is 12.0. The highest BCUT2D eigenvalue weighted by molar-refractivity contribution is 7.92. The van der Waals surface area contributed by atoms with Crippen LogP contribution in [0, 0.1) is 13.8 Å². The Kier molecular flexibility index (Phi) is 7.60. The lowest BCUT2D eigenvalue weighted by Crippen LogP contribution is -2.32. The quantitative estimate of drug-likeness (QED) is 0.465. The molecule has 0 aliphatic heterocycles. The molecule has 0 aliphatic rings. The van der Waals surface area contributed by atoms with Gasteiger partial charge in [-0.1, -0.05) is 19.1 Å². The lowest BCUT2D eigenvalue weighted by molar-refractivity contribution is -0.122. The molecule has 3 aromatic carbocycles. The molecule has 1 atom stereocenters. The molecule has 0 aromatic heterocycles. The Bertz CT molecular complexity index is 1210. The van der Waals surface area contributed by atoms with Gasteiger partial charge < -0.3 is 14.8 Å². The number of methoxy groups -OCH3 is 1. The van der Waals surface area contributed by atoms with Crippen LogP contribution in [0.4, 0.5) is 11.4 Å². The van der Waals surface area contributed by atoms with Gasteiger partial charge in [-0.3, -0.25) is 9.52 Å². The lowest BCUT2D eigenvalue weighted by atomic mass is 10.1.